The number of hydrogen-bond donors (Lipinski definition) is 1. The molecule has 2 bridgehead atoms. The van der Waals surface area contributed by atoms with Gasteiger partial charge >= 0.3 is 0 Å². The number of likely N-dealkylation sites (tertiary alicyclic amines) is 1. The van der Waals surface area contributed by atoms with Crippen LogP contribution in [0.4, 0.5) is 0 Å². The first-order valence-electron chi connectivity index (χ1n) is 5.23. The molecule has 2 fully saturated rings. The molecule has 1 aliphatic carbocycles. The predicted molar refractivity (Wildman–Crippen MR) is 59.0 cm³/mol. The summed E-state index contributed by atoms with van der Waals surface area (Å²) < 4.78 is 0. The standard InChI is InChI=1S/C10H14N2O2S/c11-8(15)3-4-12-9(13)6-1-2-7(5-6)10(12)14/h6-7H,1-5H2,(H2,11,15). The van der Waals surface area contributed by atoms with Crippen molar-refractivity contribution in [1.82, 2.24) is 4.90 Å². The number of fused-ring (bicyclic) bond motifs is 2. The van der Waals surface area contributed by atoms with E-state index in [0.29, 0.717) is 18.0 Å². The molecule has 4 nitrogen and oxygen atoms in total. The van der Waals surface area contributed by atoms with Gasteiger partial charge in [-0.05, 0) is 19.3 Å². The van der Waals surface area contributed by atoms with E-state index in [2.05, 4.69) is 0 Å². The number of piperidine rings is 1. The zero-order chi connectivity index (χ0) is 11.0. The molecule has 0 radical (unpaired) electrons. The molecule has 5 heteroatoms. The molecule has 2 amide bonds. The lowest BCUT2D eigenvalue weighted by molar-refractivity contribution is -0.152. The third kappa shape index (κ3) is 1.88. The molecule has 2 rings (SSSR count). The molecule has 0 aromatic heterocycles. The van der Waals surface area contributed by atoms with Crippen molar-refractivity contribution >= 4 is 29.0 Å². The van der Waals surface area contributed by atoms with E-state index in [1.165, 1.54) is 4.90 Å². The average Bonchev–Trinajstić information content (AvgIpc) is 2.61. The molecule has 0 spiro atoms. The normalized spacial score (nSPS) is 29.7. The van der Waals surface area contributed by atoms with Gasteiger partial charge in [-0.15, -0.1) is 0 Å². The second-order valence-electron chi connectivity index (χ2n) is 4.25. The van der Waals surface area contributed by atoms with Gasteiger partial charge in [-0.25, -0.2) is 0 Å². The van der Waals surface area contributed by atoms with Gasteiger partial charge in [-0.3, -0.25) is 14.5 Å². The highest BCUT2D eigenvalue weighted by Gasteiger charge is 2.44. The van der Waals surface area contributed by atoms with E-state index in [0.717, 1.165) is 19.3 Å². The molecule has 15 heavy (non-hydrogen) atoms. The molecule has 2 unspecified atom stereocenters. The Labute approximate surface area is 93.8 Å². The van der Waals surface area contributed by atoms with Gasteiger partial charge in [0.15, 0.2) is 0 Å². The van der Waals surface area contributed by atoms with E-state index in [1.54, 1.807) is 0 Å². The number of nitrogens with zero attached hydrogens (tertiary/aromatic N) is 1. The fourth-order valence-electron chi connectivity index (χ4n) is 2.42. The lowest BCUT2D eigenvalue weighted by Gasteiger charge is -2.29. The number of carbonyl (C=O) groups is 2. The largest absolute Gasteiger partial charge is 0.393 e. The van der Waals surface area contributed by atoms with Crippen molar-refractivity contribution in [3.8, 4) is 0 Å². The monoisotopic (exact) mass is 226 g/mol. The van der Waals surface area contributed by atoms with Crippen LogP contribution < -0.4 is 5.73 Å². The quantitative estimate of drug-likeness (QED) is 0.560. The predicted octanol–water partition coefficient (Wildman–Crippen LogP) is 0.448. The molecule has 1 saturated carbocycles. The summed E-state index contributed by atoms with van der Waals surface area (Å²) in [4.78, 5) is 25.4. The number of imide groups is 1. The maximum atomic E-state index is 11.8. The van der Waals surface area contributed by atoms with Crippen LogP contribution in [0.15, 0.2) is 0 Å². The van der Waals surface area contributed by atoms with E-state index >= 15 is 0 Å². The number of thiocarbonyl (C=S) groups is 1. The van der Waals surface area contributed by atoms with Crippen LogP contribution in [0.5, 0.6) is 0 Å². The molecule has 1 aliphatic heterocycles. The number of hydrogen-bond acceptors (Lipinski definition) is 3. The van der Waals surface area contributed by atoms with Crippen molar-refractivity contribution in [2.24, 2.45) is 17.6 Å². The Kier molecular flexibility index (Phi) is 2.73. The highest BCUT2D eigenvalue weighted by molar-refractivity contribution is 7.80. The van der Waals surface area contributed by atoms with E-state index in [-0.39, 0.29) is 23.7 Å². The topological polar surface area (TPSA) is 63.4 Å². The molecule has 82 valence electrons. The highest BCUT2D eigenvalue weighted by atomic mass is 32.1. The second-order valence-corrected chi connectivity index (χ2v) is 4.78. The van der Waals surface area contributed by atoms with Crippen LogP contribution in [-0.2, 0) is 9.59 Å². The fraction of sp³-hybridized carbons (Fsp3) is 0.700. The van der Waals surface area contributed by atoms with Gasteiger partial charge in [0, 0.05) is 24.8 Å². The third-order valence-corrected chi connectivity index (χ3v) is 3.45. The molecule has 1 saturated heterocycles. The fourth-order valence-corrected chi connectivity index (χ4v) is 2.51. The summed E-state index contributed by atoms with van der Waals surface area (Å²) in [6.45, 7) is 0.361. The average molecular weight is 226 g/mol. The maximum absolute atomic E-state index is 11.8. The Balaban J connectivity index is 2.06. The Morgan fingerprint density at radius 1 is 1.33 bits per heavy atom. The third-order valence-electron chi connectivity index (χ3n) is 3.24. The minimum Gasteiger partial charge on any atom is -0.393 e. The van der Waals surface area contributed by atoms with Gasteiger partial charge in [-0.2, -0.15) is 0 Å². The lowest BCUT2D eigenvalue weighted by atomic mass is 9.97. The SMILES string of the molecule is NC(=S)CCN1C(=O)C2CCC(C2)C1=O. The first-order chi connectivity index (χ1) is 7.09. The summed E-state index contributed by atoms with van der Waals surface area (Å²) in [5.74, 6) is 0.0908. The summed E-state index contributed by atoms with van der Waals surface area (Å²) in [6.07, 6.45) is 2.91. The molecule has 0 aromatic rings. The lowest BCUT2D eigenvalue weighted by Crippen LogP contribution is -2.47. The van der Waals surface area contributed by atoms with Gasteiger partial charge in [0.2, 0.25) is 11.8 Å². The summed E-state index contributed by atoms with van der Waals surface area (Å²) in [6, 6.07) is 0. The van der Waals surface area contributed by atoms with Crippen molar-refractivity contribution < 1.29 is 9.59 Å². The molecule has 2 N–H and O–H groups in total. The number of rotatable bonds is 3. The maximum Gasteiger partial charge on any atom is 0.232 e. The van der Waals surface area contributed by atoms with E-state index in [1.807, 2.05) is 0 Å². The Hall–Kier alpha value is -0.970. The van der Waals surface area contributed by atoms with Crippen LogP contribution >= 0.6 is 12.2 Å². The van der Waals surface area contributed by atoms with Crippen LogP contribution in [0, 0.1) is 11.8 Å². The van der Waals surface area contributed by atoms with Gasteiger partial charge in [0.1, 0.15) is 0 Å². The smallest absolute Gasteiger partial charge is 0.232 e. The Bertz CT molecular complexity index is 307. The van der Waals surface area contributed by atoms with E-state index < -0.39 is 0 Å². The van der Waals surface area contributed by atoms with Gasteiger partial charge in [0.05, 0.1) is 4.99 Å². The van der Waals surface area contributed by atoms with Gasteiger partial charge < -0.3 is 5.73 Å². The molecule has 2 aliphatic rings. The minimum absolute atomic E-state index is 0.0231. The summed E-state index contributed by atoms with van der Waals surface area (Å²) in [7, 11) is 0. The van der Waals surface area contributed by atoms with Crippen LogP contribution in [0.25, 0.3) is 0 Å². The van der Waals surface area contributed by atoms with Crippen molar-refractivity contribution in [3.05, 3.63) is 0 Å². The van der Waals surface area contributed by atoms with E-state index in [9.17, 15) is 9.59 Å². The van der Waals surface area contributed by atoms with Crippen LogP contribution in [0.3, 0.4) is 0 Å². The second kappa shape index (κ2) is 3.89. The van der Waals surface area contributed by atoms with Gasteiger partial charge in [-0.1, -0.05) is 12.2 Å². The molecular formula is C10H14N2O2S. The number of nitrogens with two attached hydrogens (primary N) is 1. The molecule has 2 atom stereocenters. The summed E-state index contributed by atoms with van der Waals surface area (Å²) >= 11 is 4.74. The van der Waals surface area contributed by atoms with Crippen LogP contribution in [-0.4, -0.2) is 28.2 Å². The number of carbonyl (C=O) groups excluding carboxylic acids is 2. The Morgan fingerprint density at radius 3 is 2.33 bits per heavy atom. The first kappa shape index (κ1) is 10.5. The zero-order valence-corrected chi connectivity index (χ0v) is 9.26. The molecule has 1 heterocycles. The van der Waals surface area contributed by atoms with Crippen molar-refractivity contribution in [1.29, 1.82) is 0 Å². The van der Waals surface area contributed by atoms with Crippen molar-refractivity contribution in [2.45, 2.75) is 25.7 Å². The van der Waals surface area contributed by atoms with Crippen molar-refractivity contribution in [2.75, 3.05) is 6.54 Å². The summed E-state index contributed by atoms with van der Waals surface area (Å²) in [5.41, 5.74) is 5.37. The zero-order valence-electron chi connectivity index (χ0n) is 8.44. The minimum atomic E-state index is -0.0231. The Morgan fingerprint density at radius 2 is 1.87 bits per heavy atom. The van der Waals surface area contributed by atoms with Crippen LogP contribution in [0.2, 0.25) is 0 Å². The first-order valence-corrected chi connectivity index (χ1v) is 5.64. The van der Waals surface area contributed by atoms with Crippen LogP contribution in [0.1, 0.15) is 25.7 Å². The molecular weight excluding hydrogens is 212 g/mol. The van der Waals surface area contributed by atoms with Gasteiger partial charge in [0.25, 0.3) is 0 Å². The molecule has 0 aromatic carbocycles. The number of amides is 2. The van der Waals surface area contributed by atoms with Crippen molar-refractivity contribution in [3.63, 3.8) is 0 Å². The van der Waals surface area contributed by atoms with E-state index in [4.69, 9.17) is 18.0 Å². The highest BCUT2D eigenvalue weighted by Crippen LogP contribution is 2.37. The summed E-state index contributed by atoms with van der Waals surface area (Å²) in [5, 5.41) is 0.